The molecule has 2 aromatic rings. The lowest BCUT2D eigenvalue weighted by atomic mass is 10.2. The maximum Gasteiger partial charge on any atom is 0.434 e. The molecule has 1 aromatic carbocycles. The van der Waals surface area contributed by atoms with Crippen LogP contribution in [0.15, 0.2) is 41.8 Å². The standard InChI is InChI=1S/C16H17ClN2O3S/c1-16(2,3)22-15(21)19(13-5-4-10-23-13)18-14(20)11-6-8-12(17)9-7-11/h4-10H,1-3H3,(H,18,20). The molecule has 0 aliphatic heterocycles. The maximum absolute atomic E-state index is 12.4. The van der Waals surface area contributed by atoms with Crippen LogP contribution in [0.3, 0.4) is 0 Å². The Labute approximate surface area is 143 Å². The summed E-state index contributed by atoms with van der Waals surface area (Å²) in [7, 11) is 0. The fourth-order valence-corrected chi connectivity index (χ4v) is 2.47. The van der Waals surface area contributed by atoms with E-state index in [1.807, 2.05) is 0 Å². The summed E-state index contributed by atoms with van der Waals surface area (Å²) >= 11 is 7.13. The zero-order valence-corrected chi connectivity index (χ0v) is 14.6. The summed E-state index contributed by atoms with van der Waals surface area (Å²) in [5.74, 6) is -0.430. The van der Waals surface area contributed by atoms with Crippen molar-refractivity contribution in [2.75, 3.05) is 5.01 Å². The van der Waals surface area contributed by atoms with Gasteiger partial charge in [0.05, 0.1) is 0 Å². The van der Waals surface area contributed by atoms with E-state index < -0.39 is 17.6 Å². The van der Waals surface area contributed by atoms with Crippen LogP contribution in [0.1, 0.15) is 31.1 Å². The second-order valence-electron chi connectivity index (χ2n) is 5.71. The first-order valence-corrected chi connectivity index (χ1v) is 8.15. The first kappa shape index (κ1) is 17.3. The number of carbonyl (C=O) groups excluding carboxylic acids is 2. The molecule has 0 radical (unpaired) electrons. The molecule has 0 aliphatic rings. The number of nitrogens with zero attached hydrogens (tertiary/aromatic N) is 1. The monoisotopic (exact) mass is 352 g/mol. The van der Waals surface area contributed by atoms with Crippen molar-refractivity contribution in [3.05, 3.63) is 52.4 Å². The highest BCUT2D eigenvalue weighted by Gasteiger charge is 2.26. The molecule has 0 unspecified atom stereocenters. The van der Waals surface area contributed by atoms with Gasteiger partial charge in [-0.15, -0.1) is 11.3 Å². The summed E-state index contributed by atoms with van der Waals surface area (Å²) in [6.45, 7) is 5.29. The highest BCUT2D eigenvalue weighted by molar-refractivity contribution is 7.14. The van der Waals surface area contributed by atoms with Crippen LogP contribution >= 0.6 is 22.9 Å². The third-order valence-corrected chi connectivity index (χ3v) is 3.73. The summed E-state index contributed by atoms with van der Waals surface area (Å²) in [6.07, 6.45) is -0.651. The van der Waals surface area contributed by atoms with Crippen LogP contribution in [0.4, 0.5) is 9.80 Å². The van der Waals surface area contributed by atoms with Gasteiger partial charge in [-0.25, -0.2) is 4.79 Å². The second kappa shape index (κ2) is 7.02. The van der Waals surface area contributed by atoms with Gasteiger partial charge in [-0.1, -0.05) is 11.6 Å². The molecule has 7 heteroatoms. The van der Waals surface area contributed by atoms with Crippen molar-refractivity contribution in [1.82, 2.24) is 5.43 Å². The number of benzene rings is 1. The molecule has 0 spiro atoms. The van der Waals surface area contributed by atoms with Gasteiger partial charge in [0.2, 0.25) is 0 Å². The second-order valence-corrected chi connectivity index (χ2v) is 7.08. The van der Waals surface area contributed by atoms with E-state index >= 15 is 0 Å². The fourth-order valence-electron chi connectivity index (χ4n) is 1.66. The summed E-state index contributed by atoms with van der Waals surface area (Å²) in [5, 5.41) is 4.00. The van der Waals surface area contributed by atoms with Crippen LogP contribution in [0.2, 0.25) is 5.02 Å². The van der Waals surface area contributed by atoms with Gasteiger partial charge >= 0.3 is 6.09 Å². The van der Waals surface area contributed by atoms with Crippen molar-refractivity contribution >= 4 is 39.9 Å². The number of nitrogens with one attached hydrogen (secondary N) is 1. The smallest absolute Gasteiger partial charge is 0.434 e. The summed E-state index contributed by atoms with van der Waals surface area (Å²) in [6, 6.07) is 9.89. The first-order valence-electron chi connectivity index (χ1n) is 6.89. The molecule has 1 heterocycles. The average Bonchev–Trinajstić information content (AvgIpc) is 2.97. The number of thiophene rings is 1. The van der Waals surface area contributed by atoms with Gasteiger partial charge in [0.15, 0.2) is 0 Å². The normalized spacial score (nSPS) is 11.0. The quantitative estimate of drug-likeness (QED) is 0.810. The molecule has 0 bridgehead atoms. The summed E-state index contributed by atoms with van der Waals surface area (Å²) in [5.41, 5.74) is 2.28. The lowest BCUT2D eigenvalue weighted by molar-refractivity contribution is 0.0549. The van der Waals surface area contributed by atoms with Crippen molar-refractivity contribution in [3.63, 3.8) is 0 Å². The van der Waals surface area contributed by atoms with Crippen LogP contribution < -0.4 is 10.4 Å². The predicted molar refractivity (Wildman–Crippen MR) is 92.0 cm³/mol. The molecule has 0 saturated heterocycles. The van der Waals surface area contributed by atoms with E-state index in [4.69, 9.17) is 16.3 Å². The largest absolute Gasteiger partial charge is 0.442 e. The SMILES string of the molecule is CC(C)(C)OC(=O)N(NC(=O)c1ccc(Cl)cc1)c1cccs1. The predicted octanol–water partition coefficient (Wildman–Crippen LogP) is 4.49. The zero-order valence-electron chi connectivity index (χ0n) is 13.0. The van der Waals surface area contributed by atoms with Crippen molar-refractivity contribution in [2.45, 2.75) is 26.4 Å². The number of hydrazine groups is 1. The van der Waals surface area contributed by atoms with Crippen LogP contribution in [0.5, 0.6) is 0 Å². The molecule has 0 atom stereocenters. The Morgan fingerprint density at radius 1 is 1.17 bits per heavy atom. The maximum atomic E-state index is 12.4. The molecule has 0 saturated carbocycles. The van der Waals surface area contributed by atoms with E-state index in [0.717, 1.165) is 5.01 Å². The van der Waals surface area contributed by atoms with E-state index in [-0.39, 0.29) is 0 Å². The van der Waals surface area contributed by atoms with Crippen molar-refractivity contribution in [1.29, 1.82) is 0 Å². The number of amides is 2. The molecule has 1 N–H and O–H groups in total. The third-order valence-electron chi connectivity index (χ3n) is 2.62. The molecular weight excluding hydrogens is 336 g/mol. The zero-order chi connectivity index (χ0) is 17.0. The van der Waals surface area contributed by atoms with Gasteiger partial charge < -0.3 is 4.74 Å². The highest BCUT2D eigenvalue weighted by Crippen LogP contribution is 2.22. The van der Waals surface area contributed by atoms with E-state index in [0.29, 0.717) is 15.6 Å². The molecule has 0 fully saturated rings. The van der Waals surface area contributed by atoms with Gasteiger partial charge in [0, 0.05) is 10.6 Å². The fraction of sp³-hybridized carbons (Fsp3) is 0.250. The Hall–Kier alpha value is -2.05. The van der Waals surface area contributed by atoms with Crippen LogP contribution in [-0.2, 0) is 4.74 Å². The highest BCUT2D eigenvalue weighted by atomic mass is 35.5. The lowest BCUT2D eigenvalue weighted by Crippen LogP contribution is -2.48. The number of carbonyl (C=O) groups is 2. The Bertz CT molecular complexity index is 678. The minimum Gasteiger partial charge on any atom is -0.442 e. The number of hydrogen-bond acceptors (Lipinski definition) is 4. The van der Waals surface area contributed by atoms with Crippen molar-refractivity contribution in [2.24, 2.45) is 0 Å². The minimum absolute atomic E-state index is 0.388. The Kier molecular flexibility index (Phi) is 5.28. The molecule has 122 valence electrons. The van der Waals surface area contributed by atoms with Gasteiger partial charge in [-0.2, -0.15) is 5.01 Å². The van der Waals surface area contributed by atoms with Gasteiger partial charge in [0.1, 0.15) is 10.6 Å². The number of hydrogen-bond donors (Lipinski definition) is 1. The minimum atomic E-state index is -0.669. The van der Waals surface area contributed by atoms with Crippen LogP contribution in [0.25, 0.3) is 0 Å². The Balaban J connectivity index is 2.19. The number of rotatable bonds is 2. The molecule has 5 nitrogen and oxygen atoms in total. The van der Waals surface area contributed by atoms with Crippen molar-refractivity contribution < 1.29 is 14.3 Å². The molecule has 0 aliphatic carbocycles. The summed E-state index contributed by atoms with van der Waals surface area (Å²) < 4.78 is 5.34. The molecule has 1 aromatic heterocycles. The lowest BCUT2D eigenvalue weighted by Gasteiger charge is -2.26. The molecule has 23 heavy (non-hydrogen) atoms. The molecule has 2 rings (SSSR count). The Morgan fingerprint density at radius 3 is 2.35 bits per heavy atom. The van der Waals surface area contributed by atoms with Gasteiger partial charge in [-0.3, -0.25) is 10.2 Å². The first-order chi connectivity index (χ1) is 10.8. The van der Waals surface area contributed by atoms with E-state index in [1.165, 1.54) is 11.3 Å². The van der Waals surface area contributed by atoms with Crippen LogP contribution in [0, 0.1) is 0 Å². The number of ether oxygens (including phenoxy) is 1. The molecular formula is C16H17ClN2O3S. The third kappa shape index (κ3) is 4.97. The van der Waals surface area contributed by atoms with E-state index in [2.05, 4.69) is 5.43 Å². The average molecular weight is 353 g/mol. The Morgan fingerprint density at radius 2 is 1.83 bits per heavy atom. The van der Waals surface area contributed by atoms with Gasteiger partial charge in [-0.05, 0) is 62.5 Å². The van der Waals surface area contributed by atoms with Gasteiger partial charge in [0.25, 0.3) is 5.91 Å². The van der Waals surface area contributed by atoms with Crippen molar-refractivity contribution in [3.8, 4) is 0 Å². The van der Waals surface area contributed by atoms with Crippen LogP contribution in [-0.4, -0.2) is 17.6 Å². The number of halogens is 1. The topological polar surface area (TPSA) is 58.6 Å². The number of anilines is 1. The van der Waals surface area contributed by atoms with E-state index in [9.17, 15) is 9.59 Å². The summed E-state index contributed by atoms with van der Waals surface area (Å²) in [4.78, 5) is 24.7. The van der Waals surface area contributed by atoms with E-state index in [1.54, 1.807) is 62.5 Å². The molecule has 2 amide bonds.